The van der Waals surface area contributed by atoms with Crippen LogP contribution in [0.15, 0.2) is 54.1 Å². The lowest BCUT2D eigenvalue weighted by Crippen LogP contribution is -2.60. The molecule has 6 rings (SSSR count). The van der Waals surface area contributed by atoms with Crippen LogP contribution in [0.25, 0.3) is 0 Å². The molecule has 0 aromatic heterocycles. The van der Waals surface area contributed by atoms with E-state index in [2.05, 4.69) is 15.9 Å². The van der Waals surface area contributed by atoms with Crippen molar-refractivity contribution in [1.29, 1.82) is 0 Å². The lowest BCUT2D eigenvalue weighted by molar-refractivity contribution is -0.384. The number of anilines is 1. The van der Waals surface area contributed by atoms with Crippen LogP contribution in [-0.4, -0.2) is 53.8 Å². The highest BCUT2D eigenvalue weighted by Crippen LogP contribution is 2.65. The number of carbonyl (C=O) groups is 4. The monoisotopic (exact) mass is 661 g/mol. The van der Waals surface area contributed by atoms with Gasteiger partial charge in [-0.1, -0.05) is 39.7 Å². The largest absolute Gasteiger partial charge is 0.508 e. The molecule has 212 valence electrons. The van der Waals surface area contributed by atoms with Crippen molar-refractivity contribution in [3.05, 3.63) is 75.4 Å². The molecule has 6 atom stereocenters. The molecule has 4 aliphatic rings. The van der Waals surface area contributed by atoms with Crippen molar-refractivity contribution in [3.8, 4) is 5.75 Å². The number of fused-ring (bicyclic) bond motifs is 4. The summed E-state index contributed by atoms with van der Waals surface area (Å²) in [4.78, 5) is 63.7. The van der Waals surface area contributed by atoms with Crippen molar-refractivity contribution < 1.29 is 29.2 Å². The normalized spacial score (nSPS) is 32.5. The minimum atomic E-state index is -1.93. The van der Waals surface area contributed by atoms with E-state index in [9.17, 15) is 34.4 Å². The molecule has 2 aromatic carbocycles. The van der Waals surface area contributed by atoms with Crippen LogP contribution >= 0.6 is 39.1 Å². The second-order valence-corrected chi connectivity index (χ2v) is 12.6. The standard InChI is InChI=1S/C28H22BrCl2N3O7/c1-13-10-14(2-9-20(13)35)22-17-7-8-18-21(19(17)11-27(30)25(38)32(12-29)26(39)28(22,27)31)24(37)33(23(18)36)15-3-5-16(6-4-15)34(40)41/h2-7,9-10,18-19,21-22,35H,8,11-12H2,1H3/t18-,19+,21-,22-,27+,28-/m0/s1. The van der Waals surface area contributed by atoms with Crippen molar-refractivity contribution in [2.45, 2.75) is 35.4 Å². The average molecular weight is 663 g/mol. The number of phenols is 1. The number of non-ortho nitro benzene ring substituents is 1. The molecule has 0 radical (unpaired) electrons. The third kappa shape index (κ3) is 3.61. The molecule has 2 aromatic rings. The van der Waals surface area contributed by atoms with Crippen LogP contribution in [0.1, 0.15) is 29.9 Å². The summed E-state index contributed by atoms with van der Waals surface area (Å²) < 4.78 is 0. The maximum absolute atomic E-state index is 14.0. The van der Waals surface area contributed by atoms with Crippen molar-refractivity contribution in [2.75, 3.05) is 10.4 Å². The summed E-state index contributed by atoms with van der Waals surface area (Å²) in [6, 6.07) is 9.90. The van der Waals surface area contributed by atoms with Gasteiger partial charge in [0.05, 0.1) is 27.9 Å². The zero-order valence-corrected chi connectivity index (χ0v) is 24.5. The number of nitro benzene ring substituents is 1. The first-order valence-corrected chi connectivity index (χ1v) is 14.7. The summed E-state index contributed by atoms with van der Waals surface area (Å²) in [6.45, 7) is 1.69. The zero-order chi connectivity index (χ0) is 29.6. The van der Waals surface area contributed by atoms with Gasteiger partial charge in [-0.15, -0.1) is 23.2 Å². The van der Waals surface area contributed by atoms with Gasteiger partial charge in [0.15, 0.2) is 9.75 Å². The highest BCUT2D eigenvalue weighted by atomic mass is 79.9. The summed E-state index contributed by atoms with van der Waals surface area (Å²) in [6.07, 6.45) is 1.85. The van der Waals surface area contributed by atoms with E-state index in [1.54, 1.807) is 19.1 Å². The highest BCUT2D eigenvalue weighted by molar-refractivity contribution is 9.09. The number of hydrogen-bond donors (Lipinski definition) is 1. The Morgan fingerprint density at radius 3 is 2.34 bits per heavy atom. The molecule has 2 heterocycles. The summed E-state index contributed by atoms with van der Waals surface area (Å²) in [5.74, 6) is -5.58. The lowest BCUT2D eigenvalue weighted by atomic mass is 9.56. The number of likely N-dealkylation sites (tertiary alicyclic amines) is 1. The van der Waals surface area contributed by atoms with Gasteiger partial charge in [-0.2, -0.15) is 0 Å². The molecule has 2 saturated heterocycles. The van der Waals surface area contributed by atoms with Crippen LogP contribution < -0.4 is 4.90 Å². The Morgan fingerprint density at radius 1 is 1.05 bits per heavy atom. The molecular formula is C28H22BrCl2N3O7. The summed E-state index contributed by atoms with van der Waals surface area (Å²) >= 11 is 17.6. The fourth-order valence-electron chi connectivity index (χ4n) is 6.96. The van der Waals surface area contributed by atoms with Gasteiger partial charge in [-0.25, -0.2) is 0 Å². The Hall–Kier alpha value is -3.28. The topological polar surface area (TPSA) is 138 Å². The molecule has 13 heteroatoms. The van der Waals surface area contributed by atoms with E-state index in [1.165, 1.54) is 30.3 Å². The van der Waals surface area contributed by atoms with E-state index in [-0.39, 0.29) is 35.4 Å². The molecule has 0 bridgehead atoms. The van der Waals surface area contributed by atoms with Gasteiger partial charge >= 0.3 is 0 Å². The maximum atomic E-state index is 14.0. The van der Waals surface area contributed by atoms with Gasteiger partial charge in [0.25, 0.3) is 17.5 Å². The van der Waals surface area contributed by atoms with Crippen molar-refractivity contribution >= 4 is 74.1 Å². The number of nitro groups is 1. The van der Waals surface area contributed by atoms with E-state index in [0.717, 1.165) is 9.80 Å². The Labute approximate surface area is 252 Å². The number of phenolic OH excluding ortho intramolecular Hbond substituents is 1. The fourth-order valence-corrected chi connectivity index (χ4v) is 8.39. The number of nitrogens with zero attached hydrogens (tertiary/aromatic N) is 3. The molecule has 0 spiro atoms. The quantitative estimate of drug-likeness (QED) is 0.127. The molecule has 3 fully saturated rings. The van der Waals surface area contributed by atoms with E-state index in [1.807, 2.05) is 6.08 Å². The number of aryl methyl sites for hydroxylation is 1. The van der Waals surface area contributed by atoms with Crippen LogP contribution in [0.4, 0.5) is 11.4 Å². The second kappa shape index (κ2) is 9.37. The van der Waals surface area contributed by atoms with Gasteiger partial charge in [-0.3, -0.25) is 39.1 Å². The number of benzene rings is 2. The molecule has 4 amide bonds. The van der Waals surface area contributed by atoms with Crippen molar-refractivity contribution in [1.82, 2.24) is 4.90 Å². The SMILES string of the molecule is Cc1cc([C@H]2C3=CC[C@@H]4C(=O)N(c5ccc([N+](=O)[O-])cc5)C(=O)[C@@H]4[C@@H]3C[C@@]3(Cl)C(=O)N(CBr)C(=O)[C@@]23Cl)ccc1O. The molecule has 0 unspecified atom stereocenters. The van der Waals surface area contributed by atoms with Gasteiger partial charge in [0.1, 0.15) is 5.75 Å². The Balaban J connectivity index is 1.49. The predicted molar refractivity (Wildman–Crippen MR) is 152 cm³/mol. The number of allylic oxidation sites excluding steroid dienone is 2. The lowest BCUT2D eigenvalue weighted by Gasteiger charge is -2.50. The smallest absolute Gasteiger partial charge is 0.269 e. The molecule has 1 N–H and O–H groups in total. The van der Waals surface area contributed by atoms with E-state index >= 15 is 0 Å². The summed E-state index contributed by atoms with van der Waals surface area (Å²) in [5.41, 5.74) is 1.58. The van der Waals surface area contributed by atoms with Crippen molar-refractivity contribution in [3.63, 3.8) is 0 Å². The number of alkyl halides is 3. The van der Waals surface area contributed by atoms with Gasteiger partial charge in [-0.05, 0) is 55.0 Å². The number of halogens is 3. The maximum Gasteiger partial charge on any atom is 0.269 e. The van der Waals surface area contributed by atoms with Gasteiger partial charge in [0, 0.05) is 18.1 Å². The number of imide groups is 2. The fraction of sp³-hybridized carbons (Fsp3) is 0.357. The summed E-state index contributed by atoms with van der Waals surface area (Å²) in [7, 11) is 0. The number of rotatable bonds is 4. The number of carbonyl (C=O) groups excluding carboxylic acids is 4. The molecule has 41 heavy (non-hydrogen) atoms. The highest BCUT2D eigenvalue weighted by Gasteiger charge is 2.76. The minimum absolute atomic E-state index is 0.0331. The first-order chi connectivity index (χ1) is 19.4. The van der Waals surface area contributed by atoms with Crippen LogP contribution in [-0.2, 0) is 19.2 Å². The molecular weight excluding hydrogens is 641 g/mol. The average Bonchev–Trinajstić information content (AvgIpc) is 3.28. The number of aromatic hydroxyl groups is 1. The third-order valence-electron chi connectivity index (χ3n) is 8.89. The molecule has 2 aliphatic heterocycles. The number of amides is 4. The minimum Gasteiger partial charge on any atom is -0.508 e. The Bertz CT molecular complexity index is 1600. The first kappa shape index (κ1) is 27.9. The van der Waals surface area contributed by atoms with Gasteiger partial charge < -0.3 is 5.11 Å². The van der Waals surface area contributed by atoms with Gasteiger partial charge in [0.2, 0.25) is 11.8 Å². The van der Waals surface area contributed by atoms with E-state index in [0.29, 0.717) is 16.7 Å². The molecule has 2 aliphatic carbocycles. The zero-order valence-electron chi connectivity index (χ0n) is 21.4. The van der Waals surface area contributed by atoms with Crippen LogP contribution in [0.2, 0.25) is 0 Å². The Morgan fingerprint density at radius 2 is 1.73 bits per heavy atom. The molecule has 1 saturated carbocycles. The van der Waals surface area contributed by atoms with E-state index < -0.39 is 62.0 Å². The summed E-state index contributed by atoms with van der Waals surface area (Å²) in [5, 5.41) is 21.3. The molecule has 10 nitrogen and oxygen atoms in total. The van der Waals surface area contributed by atoms with Crippen LogP contribution in [0.3, 0.4) is 0 Å². The Kier molecular flexibility index (Phi) is 6.37. The second-order valence-electron chi connectivity index (χ2n) is 10.8. The van der Waals surface area contributed by atoms with Crippen LogP contribution in [0, 0.1) is 34.8 Å². The third-order valence-corrected chi connectivity index (χ3v) is 10.8. The van der Waals surface area contributed by atoms with Crippen molar-refractivity contribution in [2.24, 2.45) is 17.8 Å². The predicted octanol–water partition coefficient (Wildman–Crippen LogP) is 4.52. The number of hydrogen-bond acceptors (Lipinski definition) is 7. The van der Waals surface area contributed by atoms with Crippen LogP contribution in [0.5, 0.6) is 5.75 Å². The van der Waals surface area contributed by atoms with E-state index in [4.69, 9.17) is 23.2 Å². The first-order valence-electron chi connectivity index (χ1n) is 12.8.